The second kappa shape index (κ2) is 13.5. The number of amides is 3. The quantitative estimate of drug-likeness (QED) is 0.337. The lowest BCUT2D eigenvalue weighted by Gasteiger charge is -2.33. The zero-order chi connectivity index (χ0) is 24.1. The Kier molecular flexibility index (Phi) is 11.5. The fraction of sp³-hybridized carbons (Fsp3) is 0.542. The van der Waals surface area contributed by atoms with Crippen LogP contribution in [0, 0.1) is 0 Å². The molecule has 3 N–H and O–H groups in total. The summed E-state index contributed by atoms with van der Waals surface area (Å²) < 4.78 is 5.20. The lowest BCUT2D eigenvalue weighted by Crippen LogP contribution is -2.54. The van der Waals surface area contributed by atoms with Crippen LogP contribution in [0.2, 0.25) is 0 Å². The molecule has 3 amide bonds. The third kappa shape index (κ3) is 9.09. The fourth-order valence-electron chi connectivity index (χ4n) is 3.09. The van der Waals surface area contributed by atoms with Gasteiger partial charge in [-0.3, -0.25) is 9.59 Å². The van der Waals surface area contributed by atoms with E-state index in [9.17, 15) is 19.5 Å². The van der Waals surface area contributed by atoms with Crippen molar-refractivity contribution < 1.29 is 24.2 Å². The zero-order valence-electron chi connectivity index (χ0n) is 19.6. The average molecular weight is 448 g/mol. The number of rotatable bonds is 12. The monoisotopic (exact) mass is 447 g/mol. The van der Waals surface area contributed by atoms with Crippen molar-refractivity contribution in [1.82, 2.24) is 15.5 Å². The SMILES string of the molecule is C=CCN(C(=O)C(CO)NC(=O)OC(C)(C)C)C(C(=O)NCCCCC)c1ccccc1. The van der Waals surface area contributed by atoms with Crippen molar-refractivity contribution in [2.24, 2.45) is 0 Å². The number of benzene rings is 1. The molecule has 1 aromatic carbocycles. The first-order chi connectivity index (χ1) is 15.1. The summed E-state index contributed by atoms with van der Waals surface area (Å²) in [7, 11) is 0. The highest BCUT2D eigenvalue weighted by atomic mass is 16.6. The Labute approximate surface area is 191 Å². The number of nitrogens with one attached hydrogen (secondary N) is 2. The molecule has 0 saturated heterocycles. The van der Waals surface area contributed by atoms with Gasteiger partial charge in [-0.2, -0.15) is 0 Å². The fourth-order valence-corrected chi connectivity index (χ4v) is 3.09. The molecule has 0 aromatic heterocycles. The van der Waals surface area contributed by atoms with E-state index in [2.05, 4.69) is 24.1 Å². The Bertz CT molecular complexity index is 746. The number of unbranched alkanes of at least 4 members (excludes halogenated alkanes) is 2. The Morgan fingerprint density at radius 2 is 1.84 bits per heavy atom. The highest BCUT2D eigenvalue weighted by Crippen LogP contribution is 2.22. The Morgan fingerprint density at radius 3 is 2.38 bits per heavy atom. The summed E-state index contributed by atoms with van der Waals surface area (Å²) in [6.45, 7) is 10.8. The van der Waals surface area contributed by atoms with Crippen LogP contribution in [0.15, 0.2) is 43.0 Å². The molecule has 2 unspecified atom stereocenters. The molecule has 1 rings (SSSR count). The second-order valence-corrected chi connectivity index (χ2v) is 8.47. The summed E-state index contributed by atoms with van der Waals surface area (Å²) >= 11 is 0. The molecule has 0 aliphatic carbocycles. The molecule has 178 valence electrons. The van der Waals surface area contributed by atoms with E-state index in [4.69, 9.17) is 4.74 Å². The normalized spacial score (nSPS) is 12.9. The average Bonchev–Trinajstić information content (AvgIpc) is 2.73. The van der Waals surface area contributed by atoms with Gasteiger partial charge in [0, 0.05) is 13.1 Å². The zero-order valence-corrected chi connectivity index (χ0v) is 19.6. The van der Waals surface area contributed by atoms with Crippen LogP contribution in [0.5, 0.6) is 0 Å². The summed E-state index contributed by atoms with van der Waals surface area (Å²) in [6, 6.07) is 6.68. The minimum Gasteiger partial charge on any atom is -0.444 e. The van der Waals surface area contributed by atoms with Gasteiger partial charge in [0.25, 0.3) is 0 Å². The summed E-state index contributed by atoms with van der Waals surface area (Å²) in [5, 5.41) is 15.1. The summed E-state index contributed by atoms with van der Waals surface area (Å²) in [5.41, 5.74) is -0.150. The van der Waals surface area contributed by atoms with Gasteiger partial charge in [-0.05, 0) is 32.8 Å². The molecule has 8 nitrogen and oxygen atoms in total. The number of ether oxygens (including phenoxy) is 1. The predicted octanol–water partition coefficient (Wildman–Crippen LogP) is 2.93. The van der Waals surface area contributed by atoms with Crippen molar-refractivity contribution in [2.45, 2.75) is 64.6 Å². The Hall–Kier alpha value is -2.87. The molecule has 0 aliphatic heterocycles. The van der Waals surface area contributed by atoms with Crippen molar-refractivity contribution >= 4 is 17.9 Å². The van der Waals surface area contributed by atoms with Crippen LogP contribution in [0.25, 0.3) is 0 Å². The number of nitrogens with zero attached hydrogens (tertiary/aromatic N) is 1. The number of alkyl carbamates (subject to hydrolysis) is 1. The summed E-state index contributed by atoms with van der Waals surface area (Å²) in [6.07, 6.45) is 3.51. The van der Waals surface area contributed by atoms with Gasteiger partial charge in [0.15, 0.2) is 0 Å². The first-order valence-electron chi connectivity index (χ1n) is 11.0. The standard InChI is InChI=1S/C24H37N3O5/c1-6-8-12-15-25-21(29)20(18-13-10-9-11-14-18)27(16-7-2)22(30)19(17-28)26-23(31)32-24(3,4)5/h7,9-11,13-14,19-20,28H,2,6,8,12,15-17H2,1,3-5H3,(H,25,29)(H,26,31). The van der Waals surface area contributed by atoms with Crippen molar-refractivity contribution in [1.29, 1.82) is 0 Å². The van der Waals surface area contributed by atoms with E-state index >= 15 is 0 Å². The van der Waals surface area contributed by atoms with Gasteiger partial charge in [-0.25, -0.2) is 4.79 Å². The summed E-state index contributed by atoms with van der Waals surface area (Å²) in [4.78, 5) is 39.9. The molecule has 32 heavy (non-hydrogen) atoms. The first kappa shape index (κ1) is 27.2. The minimum absolute atomic E-state index is 0.0489. The third-order valence-corrected chi connectivity index (χ3v) is 4.54. The molecule has 2 atom stereocenters. The van der Waals surface area contributed by atoms with Crippen molar-refractivity contribution in [3.8, 4) is 0 Å². The Morgan fingerprint density at radius 1 is 1.19 bits per heavy atom. The number of aliphatic hydroxyl groups excluding tert-OH is 1. The maximum Gasteiger partial charge on any atom is 0.408 e. The third-order valence-electron chi connectivity index (χ3n) is 4.54. The molecule has 1 aromatic rings. The smallest absolute Gasteiger partial charge is 0.408 e. The van der Waals surface area contributed by atoms with Crippen LogP contribution in [0.1, 0.15) is 58.6 Å². The van der Waals surface area contributed by atoms with Gasteiger partial charge in [0.05, 0.1) is 6.61 Å². The molecule has 0 saturated carbocycles. The molecular weight excluding hydrogens is 410 g/mol. The number of carbonyl (C=O) groups excluding carboxylic acids is 3. The molecule has 0 bridgehead atoms. The lowest BCUT2D eigenvalue weighted by atomic mass is 10.0. The summed E-state index contributed by atoms with van der Waals surface area (Å²) in [5.74, 6) is -0.952. The van der Waals surface area contributed by atoms with E-state index in [1.165, 1.54) is 11.0 Å². The van der Waals surface area contributed by atoms with Crippen molar-refractivity contribution in [3.63, 3.8) is 0 Å². The van der Waals surface area contributed by atoms with E-state index in [1.54, 1.807) is 45.0 Å². The van der Waals surface area contributed by atoms with Crippen LogP contribution in [-0.2, 0) is 14.3 Å². The van der Waals surface area contributed by atoms with Gasteiger partial charge >= 0.3 is 6.09 Å². The molecule has 0 heterocycles. The molecule has 8 heteroatoms. The van der Waals surface area contributed by atoms with Gasteiger partial charge in [0.2, 0.25) is 11.8 Å². The van der Waals surface area contributed by atoms with Gasteiger partial charge in [-0.15, -0.1) is 6.58 Å². The highest BCUT2D eigenvalue weighted by molar-refractivity contribution is 5.92. The molecule has 0 fully saturated rings. The van der Waals surface area contributed by atoms with Gasteiger partial charge < -0.3 is 25.4 Å². The van der Waals surface area contributed by atoms with Crippen molar-refractivity contribution in [3.05, 3.63) is 48.6 Å². The van der Waals surface area contributed by atoms with E-state index in [1.807, 2.05) is 6.07 Å². The number of carbonyl (C=O) groups is 3. The predicted molar refractivity (Wildman–Crippen MR) is 124 cm³/mol. The maximum absolute atomic E-state index is 13.3. The first-order valence-corrected chi connectivity index (χ1v) is 11.0. The molecular formula is C24H37N3O5. The van der Waals surface area contributed by atoms with E-state index < -0.39 is 36.3 Å². The highest BCUT2D eigenvalue weighted by Gasteiger charge is 2.35. The lowest BCUT2D eigenvalue weighted by molar-refractivity contribution is -0.142. The van der Waals surface area contributed by atoms with Gasteiger partial charge in [0.1, 0.15) is 17.7 Å². The van der Waals surface area contributed by atoms with Crippen LogP contribution in [-0.4, -0.2) is 59.3 Å². The second-order valence-electron chi connectivity index (χ2n) is 8.47. The number of aliphatic hydroxyl groups is 1. The number of hydrogen-bond acceptors (Lipinski definition) is 5. The van der Waals surface area contributed by atoms with E-state index in [-0.39, 0.29) is 12.5 Å². The molecule has 0 radical (unpaired) electrons. The van der Waals surface area contributed by atoms with Gasteiger partial charge in [-0.1, -0.05) is 56.2 Å². The van der Waals surface area contributed by atoms with Crippen LogP contribution in [0.3, 0.4) is 0 Å². The number of hydrogen-bond donors (Lipinski definition) is 3. The van der Waals surface area contributed by atoms with E-state index in [0.29, 0.717) is 12.1 Å². The van der Waals surface area contributed by atoms with Crippen LogP contribution >= 0.6 is 0 Å². The maximum atomic E-state index is 13.3. The van der Waals surface area contributed by atoms with E-state index in [0.717, 1.165) is 19.3 Å². The topological polar surface area (TPSA) is 108 Å². The Balaban J connectivity index is 3.16. The van der Waals surface area contributed by atoms with Crippen LogP contribution < -0.4 is 10.6 Å². The van der Waals surface area contributed by atoms with Crippen molar-refractivity contribution in [2.75, 3.05) is 19.7 Å². The minimum atomic E-state index is -1.27. The molecule has 0 spiro atoms. The molecule has 0 aliphatic rings. The largest absolute Gasteiger partial charge is 0.444 e. The van der Waals surface area contributed by atoms with Crippen LogP contribution in [0.4, 0.5) is 4.79 Å².